The molecule has 7 heteroatoms. The highest BCUT2D eigenvalue weighted by molar-refractivity contribution is 6.31. The number of hydrogen-bond donors (Lipinski definition) is 2. The Morgan fingerprint density at radius 3 is 2.92 bits per heavy atom. The summed E-state index contributed by atoms with van der Waals surface area (Å²) in [6.45, 7) is 2.80. The van der Waals surface area contributed by atoms with Crippen molar-refractivity contribution in [2.45, 2.75) is 38.8 Å². The summed E-state index contributed by atoms with van der Waals surface area (Å²) in [4.78, 5) is 26.9. The van der Waals surface area contributed by atoms with E-state index in [0.29, 0.717) is 23.9 Å². The van der Waals surface area contributed by atoms with Crippen molar-refractivity contribution in [1.82, 2.24) is 14.9 Å². The van der Waals surface area contributed by atoms with Crippen molar-refractivity contribution >= 4 is 17.3 Å². The number of benzene rings is 1. The number of aromatic nitrogens is 2. The molecule has 2 aliphatic rings. The van der Waals surface area contributed by atoms with E-state index in [1.807, 2.05) is 6.07 Å². The van der Waals surface area contributed by atoms with Gasteiger partial charge in [-0.3, -0.25) is 14.7 Å². The van der Waals surface area contributed by atoms with Gasteiger partial charge in [-0.25, -0.2) is 4.98 Å². The molecule has 1 aromatic heterocycles. The molecule has 2 N–H and O–H groups in total. The Balaban J connectivity index is 1.55. The van der Waals surface area contributed by atoms with Gasteiger partial charge in [-0.15, -0.1) is 0 Å². The summed E-state index contributed by atoms with van der Waals surface area (Å²) in [5, 5.41) is 10.0. The number of nitrogens with one attached hydrogen (secondary N) is 1. The summed E-state index contributed by atoms with van der Waals surface area (Å²) in [7, 11) is 0. The van der Waals surface area contributed by atoms with Crippen LogP contribution >= 0.6 is 11.6 Å². The average molecular weight is 373 g/mol. The van der Waals surface area contributed by atoms with Crippen LogP contribution in [0, 0.1) is 0 Å². The minimum Gasteiger partial charge on any atom is -0.508 e. The van der Waals surface area contributed by atoms with Crippen LogP contribution < -0.4 is 5.56 Å². The van der Waals surface area contributed by atoms with Gasteiger partial charge < -0.3 is 10.1 Å². The van der Waals surface area contributed by atoms with E-state index in [0.717, 1.165) is 61.3 Å². The third kappa shape index (κ3) is 3.52. The molecule has 0 unspecified atom stereocenters. The third-order valence-corrected chi connectivity index (χ3v) is 5.33. The van der Waals surface area contributed by atoms with Crippen LogP contribution in [0.1, 0.15) is 41.9 Å². The highest BCUT2D eigenvalue weighted by Gasteiger charge is 2.23. The standard InChI is InChI=1S/C19H21ClN4O2/c20-15-9-13(25)5-4-12(15)10-24-8-6-16-14(11-24)19(26)23-18(22-16)17-3-1-2-7-21-17/h4-5,9,25H,1-3,6-8,10-11H2,(H,22,23,26). The zero-order valence-corrected chi connectivity index (χ0v) is 15.2. The molecule has 26 heavy (non-hydrogen) atoms. The highest BCUT2D eigenvalue weighted by Crippen LogP contribution is 2.25. The Morgan fingerprint density at radius 1 is 1.27 bits per heavy atom. The van der Waals surface area contributed by atoms with Gasteiger partial charge in [0.05, 0.1) is 17.0 Å². The molecule has 0 saturated heterocycles. The summed E-state index contributed by atoms with van der Waals surface area (Å²) >= 11 is 6.21. The van der Waals surface area contributed by atoms with Gasteiger partial charge >= 0.3 is 0 Å². The molecule has 0 fully saturated rings. The number of aromatic amines is 1. The van der Waals surface area contributed by atoms with Gasteiger partial charge in [-0.05, 0) is 37.0 Å². The summed E-state index contributed by atoms with van der Waals surface area (Å²) < 4.78 is 0. The molecule has 0 spiro atoms. The van der Waals surface area contributed by atoms with Gasteiger partial charge in [0.25, 0.3) is 5.56 Å². The molecule has 2 aliphatic heterocycles. The van der Waals surface area contributed by atoms with Gasteiger partial charge in [-0.2, -0.15) is 0 Å². The summed E-state index contributed by atoms with van der Waals surface area (Å²) in [5.74, 6) is 0.796. The van der Waals surface area contributed by atoms with Crippen LogP contribution in [0.4, 0.5) is 0 Å². The normalized spacial score (nSPS) is 17.7. The topological polar surface area (TPSA) is 81.6 Å². The number of hydrogen-bond acceptors (Lipinski definition) is 5. The molecular weight excluding hydrogens is 352 g/mol. The lowest BCUT2D eigenvalue weighted by Gasteiger charge is -2.28. The fourth-order valence-corrected chi connectivity index (χ4v) is 3.78. The molecule has 6 nitrogen and oxygen atoms in total. The van der Waals surface area contributed by atoms with E-state index in [9.17, 15) is 9.90 Å². The van der Waals surface area contributed by atoms with E-state index in [2.05, 4.69) is 14.9 Å². The monoisotopic (exact) mass is 372 g/mol. The van der Waals surface area contributed by atoms with Gasteiger partial charge in [0, 0.05) is 37.6 Å². The summed E-state index contributed by atoms with van der Waals surface area (Å²) in [6.07, 6.45) is 3.82. The van der Waals surface area contributed by atoms with Crippen molar-refractivity contribution in [2.24, 2.45) is 4.99 Å². The van der Waals surface area contributed by atoms with E-state index < -0.39 is 0 Å². The predicted molar refractivity (Wildman–Crippen MR) is 101 cm³/mol. The largest absolute Gasteiger partial charge is 0.508 e. The van der Waals surface area contributed by atoms with Crippen LogP contribution in [0.25, 0.3) is 0 Å². The quantitative estimate of drug-likeness (QED) is 0.867. The van der Waals surface area contributed by atoms with E-state index in [-0.39, 0.29) is 11.3 Å². The Kier molecular flexibility index (Phi) is 4.78. The first-order chi connectivity index (χ1) is 12.6. The van der Waals surface area contributed by atoms with Crippen molar-refractivity contribution in [2.75, 3.05) is 13.1 Å². The fraction of sp³-hybridized carbons (Fsp3) is 0.421. The number of nitrogens with zero attached hydrogens (tertiary/aromatic N) is 3. The maximum atomic E-state index is 12.6. The van der Waals surface area contributed by atoms with E-state index in [4.69, 9.17) is 16.6 Å². The molecule has 0 saturated carbocycles. The van der Waals surface area contributed by atoms with Gasteiger partial charge in [-0.1, -0.05) is 17.7 Å². The summed E-state index contributed by atoms with van der Waals surface area (Å²) in [5.41, 5.74) is 3.40. The first-order valence-corrected chi connectivity index (χ1v) is 9.33. The number of aromatic hydroxyl groups is 1. The second-order valence-electron chi connectivity index (χ2n) is 6.86. The van der Waals surface area contributed by atoms with Crippen molar-refractivity contribution in [3.63, 3.8) is 0 Å². The first kappa shape index (κ1) is 17.2. The Hall–Kier alpha value is -2.18. The SMILES string of the molecule is O=c1[nH]c(C2=NCCCC2)nc2c1CN(Cc1ccc(O)cc1Cl)CC2. The number of H-pyrrole nitrogens is 1. The molecule has 2 aromatic rings. The fourth-order valence-electron chi connectivity index (χ4n) is 3.55. The third-order valence-electron chi connectivity index (χ3n) is 4.98. The summed E-state index contributed by atoms with van der Waals surface area (Å²) in [6, 6.07) is 4.99. The minimum atomic E-state index is -0.0697. The van der Waals surface area contributed by atoms with E-state index >= 15 is 0 Å². The zero-order chi connectivity index (χ0) is 18.1. The highest BCUT2D eigenvalue weighted by atomic mass is 35.5. The van der Waals surface area contributed by atoms with Crippen molar-refractivity contribution in [1.29, 1.82) is 0 Å². The average Bonchev–Trinajstić information content (AvgIpc) is 2.65. The van der Waals surface area contributed by atoms with Crippen molar-refractivity contribution in [3.8, 4) is 5.75 Å². The Labute approximate surface area is 156 Å². The van der Waals surface area contributed by atoms with Crippen LogP contribution in [0.2, 0.25) is 5.02 Å². The molecule has 4 rings (SSSR count). The van der Waals surface area contributed by atoms with Crippen molar-refractivity contribution in [3.05, 3.63) is 56.2 Å². The molecule has 0 bridgehead atoms. The Morgan fingerprint density at radius 2 is 2.15 bits per heavy atom. The number of aliphatic imine (C=N–C) groups is 1. The number of phenolic OH excluding ortho intramolecular Hbond substituents is 1. The second-order valence-corrected chi connectivity index (χ2v) is 7.27. The van der Waals surface area contributed by atoms with E-state index in [1.165, 1.54) is 0 Å². The van der Waals surface area contributed by atoms with Gasteiger partial charge in [0.2, 0.25) is 0 Å². The van der Waals surface area contributed by atoms with Crippen LogP contribution in [-0.2, 0) is 19.5 Å². The number of rotatable bonds is 3. The van der Waals surface area contributed by atoms with Gasteiger partial charge in [0.15, 0.2) is 5.82 Å². The lowest BCUT2D eigenvalue weighted by Crippen LogP contribution is -2.36. The first-order valence-electron chi connectivity index (χ1n) is 8.95. The Bertz CT molecular complexity index is 922. The zero-order valence-electron chi connectivity index (χ0n) is 14.5. The number of fused-ring (bicyclic) bond motifs is 1. The van der Waals surface area contributed by atoms with Crippen LogP contribution in [0.15, 0.2) is 28.0 Å². The molecule has 0 amide bonds. The maximum Gasteiger partial charge on any atom is 0.255 e. The smallest absolute Gasteiger partial charge is 0.255 e. The molecular formula is C19H21ClN4O2. The van der Waals surface area contributed by atoms with Crippen LogP contribution in [0.3, 0.4) is 0 Å². The molecule has 136 valence electrons. The molecule has 1 aromatic carbocycles. The number of halogens is 1. The van der Waals surface area contributed by atoms with E-state index in [1.54, 1.807) is 12.1 Å². The molecule has 3 heterocycles. The molecule has 0 atom stereocenters. The number of phenols is 1. The molecule has 0 radical (unpaired) electrons. The lowest BCUT2D eigenvalue weighted by molar-refractivity contribution is 0.241. The van der Waals surface area contributed by atoms with Gasteiger partial charge in [0.1, 0.15) is 5.75 Å². The minimum absolute atomic E-state index is 0.0697. The predicted octanol–water partition coefficient (Wildman–Crippen LogP) is 2.66. The second kappa shape index (κ2) is 7.21. The molecule has 0 aliphatic carbocycles. The van der Waals surface area contributed by atoms with Crippen LogP contribution in [0.5, 0.6) is 5.75 Å². The lowest BCUT2D eigenvalue weighted by atomic mass is 10.0. The van der Waals surface area contributed by atoms with Crippen LogP contribution in [-0.4, -0.2) is 38.8 Å². The maximum absolute atomic E-state index is 12.6. The van der Waals surface area contributed by atoms with Crippen molar-refractivity contribution < 1.29 is 5.11 Å².